The summed E-state index contributed by atoms with van der Waals surface area (Å²) < 4.78 is 8.15. The molecule has 1 aliphatic heterocycles. The smallest absolute Gasteiger partial charge is 0.123 e. The normalized spacial score (nSPS) is 16.6. The Bertz CT molecular complexity index is 650. The van der Waals surface area contributed by atoms with Gasteiger partial charge >= 0.3 is 0 Å². The summed E-state index contributed by atoms with van der Waals surface area (Å²) in [4.78, 5) is 0. The van der Waals surface area contributed by atoms with E-state index in [0.29, 0.717) is 0 Å². The maximum Gasteiger partial charge on any atom is 0.123 e. The van der Waals surface area contributed by atoms with Gasteiger partial charge in [0, 0.05) is 25.2 Å². The van der Waals surface area contributed by atoms with Gasteiger partial charge < -0.3 is 10.1 Å². The molecule has 3 rings (SSSR count). The minimum atomic E-state index is 0.172. The first-order valence-electron chi connectivity index (χ1n) is 6.26. The van der Waals surface area contributed by atoms with Gasteiger partial charge in [0.25, 0.3) is 0 Å². The second-order valence-electron chi connectivity index (χ2n) is 4.70. The summed E-state index contributed by atoms with van der Waals surface area (Å²) in [5.74, 6) is 0.991. The van der Waals surface area contributed by atoms with Crippen LogP contribution in [-0.4, -0.2) is 12.6 Å². The van der Waals surface area contributed by atoms with Crippen molar-refractivity contribution in [2.45, 2.75) is 12.5 Å². The lowest BCUT2D eigenvalue weighted by Crippen LogP contribution is -2.24. The van der Waals surface area contributed by atoms with Gasteiger partial charge in [-0.2, -0.15) is 0 Å². The number of hydrogen-bond acceptors (Lipinski definition) is 2. The number of hydrogen-bond donors (Lipinski definition) is 1. The first-order chi connectivity index (χ1) is 9.61. The highest BCUT2D eigenvalue weighted by Gasteiger charge is 2.22. The predicted octanol–water partition coefficient (Wildman–Crippen LogP) is 5.12. The fraction of sp³-hybridized carbons (Fsp3) is 0.200. The minimum absolute atomic E-state index is 0.172. The largest absolute Gasteiger partial charge is 0.488 e. The average Bonchev–Trinajstić information content (AvgIpc) is 2.79. The van der Waals surface area contributed by atoms with Crippen molar-refractivity contribution in [2.24, 2.45) is 0 Å². The number of ether oxygens (including phenoxy) is 1. The molecule has 0 radical (unpaired) electrons. The van der Waals surface area contributed by atoms with Crippen LogP contribution in [0.4, 0.5) is 5.69 Å². The number of nitrogens with one attached hydrogen (secondary N) is 1. The van der Waals surface area contributed by atoms with Crippen LogP contribution in [0.3, 0.4) is 0 Å². The van der Waals surface area contributed by atoms with Crippen LogP contribution in [0.15, 0.2) is 40.9 Å². The molecule has 20 heavy (non-hydrogen) atoms. The van der Waals surface area contributed by atoms with Gasteiger partial charge in [0.05, 0.1) is 6.54 Å². The van der Waals surface area contributed by atoms with Gasteiger partial charge in [-0.05, 0) is 64.6 Å². The molecule has 1 heterocycles. The molecule has 0 saturated carbocycles. The van der Waals surface area contributed by atoms with Gasteiger partial charge in [-0.15, -0.1) is 0 Å². The minimum Gasteiger partial charge on any atom is -0.488 e. The number of halogens is 3. The van der Waals surface area contributed by atoms with E-state index >= 15 is 0 Å². The molecule has 0 fully saturated rings. The Hall–Kier alpha value is -0.460. The zero-order valence-corrected chi connectivity index (χ0v) is 15.0. The second-order valence-corrected chi connectivity index (χ2v) is 7.22. The van der Waals surface area contributed by atoms with Crippen LogP contribution < -0.4 is 10.1 Å². The quantitative estimate of drug-likeness (QED) is 0.637. The molecule has 2 aromatic rings. The van der Waals surface area contributed by atoms with Crippen molar-refractivity contribution < 1.29 is 4.74 Å². The average molecular weight is 465 g/mol. The summed E-state index contributed by atoms with van der Waals surface area (Å²) in [5, 5.41) is 4.19. The Morgan fingerprint density at radius 1 is 1.30 bits per heavy atom. The first-order valence-corrected chi connectivity index (χ1v) is 8.51. The van der Waals surface area contributed by atoms with Crippen LogP contribution in [0, 0.1) is 3.57 Å². The third-order valence-corrected chi connectivity index (χ3v) is 4.84. The van der Waals surface area contributed by atoms with Gasteiger partial charge in [0.1, 0.15) is 11.9 Å². The molecule has 104 valence electrons. The van der Waals surface area contributed by atoms with Crippen LogP contribution >= 0.6 is 50.1 Å². The van der Waals surface area contributed by atoms with Crippen molar-refractivity contribution in [3.63, 3.8) is 0 Å². The van der Waals surface area contributed by atoms with E-state index < -0.39 is 0 Å². The SMILES string of the molecule is Clc1ccc(NCC2Cc3cc(Br)ccc3O2)c(I)c1. The van der Waals surface area contributed by atoms with Crippen LogP contribution in [0.2, 0.25) is 5.02 Å². The van der Waals surface area contributed by atoms with Crippen molar-refractivity contribution in [3.8, 4) is 5.75 Å². The summed E-state index contributed by atoms with van der Waals surface area (Å²) >= 11 is 11.7. The fourth-order valence-electron chi connectivity index (χ4n) is 2.26. The van der Waals surface area contributed by atoms with Crippen LogP contribution in [0.1, 0.15) is 5.56 Å². The fourth-order valence-corrected chi connectivity index (χ4v) is 3.73. The summed E-state index contributed by atoms with van der Waals surface area (Å²) in [6, 6.07) is 12.0. The number of fused-ring (bicyclic) bond motifs is 1. The van der Waals surface area contributed by atoms with E-state index in [-0.39, 0.29) is 6.10 Å². The van der Waals surface area contributed by atoms with Gasteiger partial charge in [0.15, 0.2) is 0 Å². The van der Waals surface area contributed by atoms with Crippen molar-refractivity contribution in [2.75, 3.05) is 11.9 Å². The van der Waals surface area contributed by atoms with E-state index in [1.807, 2.05) is 30.3 Å². The van der Waals surface area contributed by atoms with E-state index in [1.165, 1.54) is 5.56 Å². The number of anilines is 1. The van der Waals surface area contributed by atoms with Gasteiger partial charge in [0.2, 0.25) is 0 Å². The molecule has 0 saturated heterocycles. The zero-order chi connectivity index (χ0) is 14.1. The molecule has 0 amide bonds. The molecule has 1 aliphatic rings. The van der Waals surface area contributed by atoms with Crippen LogP contribution in [0.5, 0.6) is 5.75 Å². The van der Waals surface area contributed by atoms with Gasteiger partial charge in [-0.25, -0.2) is 0 Å². The first kappa shape index (κ1) is 14.5. The van der Waals surface area contributed by atoms with Crippen LogP contribution in [-0.2, 0) is 6.42 Å². The third kappa shape index (κ3) is 3.23. The maximum absolute atomic E-state index is 5.96. The van der Waals surface area contributed by atoms with Crippen molar-refractivity contribution >= 4 is 55.8 Å². The Balaban J connectivity index is 1.63. The molecule has 1 N–H and O–H groups in total. The summed E-state index contributed by atoms with van der Waals surface area (Å²) in [6.45, 7) is 0.782. The molecule has 0 bridgehead atoms. The molecule has 5 heteroatoms. The van der Waals surface area contributed by atoms with Crippen molar-refractivity contribution in [1.29, 1.82) is 0 Å². The third-order valence-electron chi connectivity index (χ3n) is 3.22. The van der Waals surface area contributed by atoms with Crippen molar-refractivity contribution in [3.05, 3.63) is 55.0 Å². The summed E-state index contributed by atoms with van der Waals surface area (Å²) in [7, 11) is 0. The van der Waals surface area contributed by atoms with Crippen LogP contribution in [0.25, 0.3) is 0 Å². The maximum atomic E-state index is 5.96. The molecule has 2 aromatic carbocycles. The predicted molar refractivity (Wildman–Crippen MR) is 94.9 cm³/mol. The second kappa shape index (κ2) is 6.12. The van der Waals surface area contributed by atoms with E-state index in [1.54, 1.807) is 0 Å². The zero-order valence-electron chi connectivity index (χ0n) is 10.5. The number of rotatable bonds is 3. The molecular formula is C15H12BrClINO. The highest BCUT2D eigenvalue weighted by atomic mass is 127. The molecule has 1 atom stereocenters. The molecule has 0 aliphatic carbocycles. The van der Waals surface area contributed by atoms with Gasteiger partial charge in [-0.3, -0.25) is 0 Å². The Kier molecular flexibility index (Phi) is 4.43. The monoisotopic (exact) mass is 463 g/mol. The lowest BCUT2D eigenvalue weighted by Gasteiger charge is -2.14. The van der Waals surface area contributed by atoms with Gasteiger partial charge in [-0.1, -0.05) is 27.5 Å². The molecular weight excluding hydrogens is 452 g/mol. The highest BCUT2D eigenvalue weighted by molar-refractivity contribution is 14.1. The molecule has 0 spiro atoms. The number of benzene rings is 2. The van der Waals surface area contributed by atoms with Crippen molar-refractivity contribution in [1.82, 2.24) is 0 Å². The Labute approximate surface area is 145 Å². The standard InChI is InChI=1S/C15H12BrClINO/c16-10-1-4-15-9(5-10)6-12(20-15)8-19-14-3-2-11(17)7-13(14)18/h1-5,7,12,19H,6,8H2. The van der Waals surface area contributed by atoms with E-state index in [2.05, 4.69) is 49.9 Å². The lowest BCUT2D eigenvalue weighted by molar-refractivity contribution is 0.246. The lowest BCUT2D eigenvalue weighted by atomic mass is 10.1. The molecule has 0 aromatic heterocycles. The van der Waals surface area contributed by atoms with E-state index in [0.717, 1.165) is 37.5 Å². The molecule has 2 nitrogen and oxygen atoms in total. The molecule has 1 unspecified atom stereocenters. The topological polar surface area (TPSA) is 21.3 Å². The van der Waals surface area contributed by atoms with E-state index in [9.17, 15) is 0 Å². The summed E-state index contributed by atoms with van der Waals surface area (Å²) in [5.41, 5.74) is 2.35. The highest BCUT2D eigenvalue weighted by Crippen LogP contribution is 2.31. The van der Waals surface area contributed by atoms with E-state index in [4.69, 9.17) is 16.3 Å². The Morgan fingerprint density at radius 3 is 2.95 bits per heavy atom. The summed E-state index contributed by atoms with van der Waals surface area (Å²) in [6.07, 6.45) is 1.11. The Morgan fingerprint density at radius 2 is 2.15 bits per heavy atom.